The van der Waals surface area contributed by atoms with Gasteiger partial charge in [-0.05, 0) is 136 Å². The number of benzene rings is 6. The maximum atomic E-state index is 5.15. The van der Waals surface area contributed by atoms with Crippen molar-refractivity contribution >= 4 is 0 Å². The fraction of sp³-hybridized carbons (Fsp3) is 0.148. The monoisotopic (exact) mass is 746 g/mol. The molecule has 1 saturated carbocycles. The Morgan fingerprint density at radius 3 is 1.69 bits per heavy atom. The molecule has 1 spiro atoms. The lowest BCUT2D eigenvalue weighted by atomic mass is 9.58. The molecule has 0 aliphatic heterocycles. The lowest BCUT2D eigenvalue weighted by Gasteiger charge is -2.45. The molecule has 4 heteroatoms. The second kappa shape index (κ2) is 14.0. The number of rotatable bonds is 6. The molecule has 1 fully saturated rings. The van der Waals surface area contributed by atoms with Gasteiger partial charge >= 0.3 is 0 Å². The Labute approximate surface area is 340 Å². The molecular formula is C54H42N4. The van der Waals surface area contributed by atoms with E-state index in [0.29, 0.717) is 23.4 Å². The van der Waals surface area contributed by atoms with E-state index in [1.54, 1.807) is 5.57 Å². The molecule has 2 aromatic heterocycles. The van der Waals surface area contributed by atoms with Crippen molar-refractivity contribution in [3.8, 4) is 78.7 Å². The van der Waals surface area contributed by atoms with Crippen LogP contribution in [0.3, 0.4) is 0 Å². The van der Waals surface area contributed by atoms with Crippen LogP contribution in [0.15, 0.2) is 182 Å². The van der Waals surface area contributed by atoms with Gasteiger partial charge in [0.05, 0.1) is 0 Å². The molecule has 3 aliphatic rings. The molecular weight excluding hydrogens is 705 g/mol. The highest BCUT2D eigenvalue weighted by molar-refractivity contribution is 5.90. The normalized spacial score (nSPS) is 19.0. The smallest absolute Gasteiger partial charge is 0.164 e. The third-order valence-corrected chi connectivity index (χ3v) is 12.8. The highest BCUT2D eigenvalue weighted by atomic mass is 15.0. The molecule has 8 aromatic rings. The van der Waals surface area contributed by atoms with Gasteiger partial charge in [0.15, 0.2) is 17.5 Å². The van der Waals surface area contributed by atoms with Crippen molar-refractivity contribution in [2.45, 2.75) is 38.0 Å². The summed E-state index contributed by atoms with van der Waals surface area (Å²) in [5, 5.41) is 0. The van der Waals surface area contributed by atoms with E-state index in [1.165, 1.54) is 58.2 Å². The quantitative estimate of drug-likeness (QED) is 0.159. The second-order valence-electron chi connectivity index (χ2n) is 16.4. The zero-order valence-corrected chi connectivity index (χ0v) is 32.5. The molecule has 0 amide bonds. The summed E-state index contributed by atoms with van der Waals surface area (Å²) in [6, 6.07) is 56.7. The van der Waals surface area contributed by atoms with Crippen LogP contribution in [0.1, 0.15) is 43.7 Å². The fourth-order valence-electron chi connectivity index (χ4n) is 10.1. The van der Waals surface area contributed by atoms with Crippen LogP contribution >= 0.6 is 0 Å². The lowest BCUT2D eigenvalue weighted by molar-refractivity contribution is 0.284. The zero-order chi connectivity index (χ0) is 38.6. The molecule has 3 aliphatic carbocycles. The predicted octanol–water partition coefficient (Wildman–Crippen LogP) is 13.3. The predicted molar refractivity (Wildman–Crippen MR) is 236 cm³/mol. The molecule has 3 atom stereocenters. The number of nitrogens with zero attached hydrogens (tertiary/aromatic N) is 4. The maximum Gasteiger partial charge on any atom is 0.164 e. The van der Waals surface area contributed by atoms with E-state index < -0.39 is 0 Å². The lowest BCUT2D eigenvalue weighted by Crippen LogP contribution is -2.36. The van der Waals surface area contributed by atoms with Gasteiger partial charge in [0.2, 0.25) is 0 Å². The van der Waals surface area contributed by atoms with Crippen molar-refractivity contribution < 1.29 is 0 Å². The number of aromatic nitrogens is 4. The molecule has 0 radical (unpaired) electrons. The molecule has 4 nitrogen and oxygen atoms in total. The summed E-state index contributed by atoms with van der Waals surface area (Å²) >= 11 is 0. The Morgan fingerprint density at radius 1 is 0.466 bits per heavy atom. The van der Waals surface area contributed by atoms with E-state index >= 15 is 0 Å². The van der Waals surface area contributed by atoms with Crippen molar-refractivity contribution in [2.24, 2.45) is 11.8 Å². The van der Waals surface area contributed by atoms with Crippen LogP contribution in [0.2, 0.25) is 0 Å². The largest absolute Gasteiger partial charge is 0.265 e. The van der Waals surface area contributed by atoms with Gasteiger partial charge in [0.25, 0.3) is 0 Å². The molecule has 0 N–H and O–H groups in total. The van der Waals surface area contributed by atoms with Gasteiger partial charge in [-0.3, -0.25) is 4.98 Å². The van der Waals surface area contributed by atoms with Crippen LogP contribution in [0, 0.1) is 11.8 Å². The van der Waals surface area contributed by atoms with Crippen LogP contribution in [-0.2, 0) is 5.41 Å². The summed E-state index contributed by atoms with van der Waals surface area (Å²) in [6.45, 7) is 2.41. The van der Waals surface area contributed by atoms with Gasteiger partial charge in [-0.2, -0.15) is 0 Å². The van der Waals surface area contributed by atoms with Crippen LogP contribution in [-0.4, -0.2) is 19.9 Å². The van der Waals surface area contributed by atoms with Crippen LogP contribution < -0.4 is 0 Å². The van der Waals surface area contributed by atoms with Crippen molar-refractivity contribution in [1.29, 1.82) is 0 Å². The molecule has 6 aromatic carbocycles. The Balaban J connectivity index is 1.11. The highest BCUT2D eigenvalue weighted by Crippen LogP contribution is 2.61. The Kier molecular flexibility index (Phi) is 8.32. The van der Waals surface area contributed by atoms with Crippen LogP contribution in [0.5, 0.6) is 0 Å². The molecule has 11 rings (SSSR count). The zero-order valence-electron chi connectivity index (χ0n) is 32.5. The minimum Gasteiger partial charge on any atom is -0.265 e. The summed E-state index contributed by atoms with van der Waals surface area (Å²) < 4.78 is 0. The van der Waals surface area contributed by atoms with E-state index in [-0.39, 0.29) is 5.41 Å². The van der Waals surface area contributed by atoms with E-state index in [9.17, 15) is 0 Å². The van der Waals surface area contributed by atoms with Crippen molar-refractivity contribution in [2.75, 3.05) is 0 Å². The van der Waals surface area contributed by atoms with E-state index in [2.05, 4.69) is 139 Å². The molecule has 3 unspecified atom stereocenters. The maximum absolute atomic E-state index is 5.15. The Morgan fingerprint density at radius 2 is 1.02 bits per heavy atom. The molecule has 2 bridgehead atoms. The third-order valence-electron chi connectivity index (χ3n) is 12.8. The summed E-state index contributed by atoms with van der Waals surface area (Å²) in [4.78, 5) is 19.6. The van der Waals surface area contributed by atoms with E-state index in [1.807, 2.05) is 48.8 Å². The standard InChI is InChI=1S/C54H42N4/c1-35-27-36-21-24-54(46(28-35)29-36)49-20-18-41(37-11-5-2-6-12-37)33-48(49)47-19-17-42(34-50(47)54)44-30-43(38-22-25-55-26-23-38)31-45(32-44)53-57-51(39-13-7-3-8-14-39)56-52(58-53)40-15-9-4-10-16-40/h2-20,22-23,25-26,28,30-36H,21,24,27,29H2,1H3. The second-order valence-corrected chi connectivity index (χ2v) is 16.4. The first-order valence-electron chi connectivity index (χ1n) is 20.6. The third kappa shape index (κ3) is 5.90. The number of hydrogen-bond donors (Lipinski definition) is 0. The van der Waals surface area contributed by atoms with Gasteiger partial charge in [-0.1, -0.05) is 134 Å². The van der Waals surface area contributed by atoms with Crippen molar-refractivity contribution in [3.63, 3.8) is 0 Å². The van der Waals surface area contributed by atoms with E-state index in [4.69, 9.17) is 15.0 Å². The topological polar surface area (TPSA) is 51.6 Å². The van der Waals surface area contributed by atoms with Crippen molar-refractivity contribution in [1.82, 2.24) is 19.9 Å². The van der Waals surface area contributed by atoms with Crippen LogP contribution in [0.4, 0.5) is 0 Å². The Hall–Kier alpha value is -6.78. The molecule has 278 valence electrons. The summed E-state index contributed by atoms with van der Waals surface area (Å²) in [5.41, 5.74) is 17.0. The van der Waals surface area contributed by atoms with Gasteiger partial charge < -0.3 is 0 Å². The summed E-state index contributed by atoms with van der Waals surface area (Å²) in [6.07, 6.45) is 11.2. The number of allylic oxidation sites excluding steroid dienone is 2. The Bertz CT molecular complexity index is 2790. The first-order chi connectivity index (χ1) is 28.6. The van der Waals surface area contributed by atoms with Gasteiger partial charge in [0.1, 0.15) is 0 Å². The molecule has 58 heavy (non-hydrogen) atoms. The molecule has 2 heterocycles. The first kappa shape index (κ1) is 34.5. The average Bonchev–Trinajstić information content (AvgIpc) is 3.57. The average molecular weight is 747 g/mol. The number of pyridine rings is 1. The summed E-state index contributed by atoms with van der Waals surface area (Å²) in [5.74, 6) is 3.30. The van der Waals surface area contributed by atoms with Crippen molar-refractivity contribution in [3.05, 3.63) is 193 Å². The first-order valence-corrected chi connectivity index (χ1v) is 20.6. The SMILES string of the molecule is CC1C=C2CC(CCC23c2ccc(-c4ccccc4)cc2-c2ccc(-c4cc(-c5ccncc5)cc(-c5nc(-c6ccccc6)nc(-c6ccccc6)n5)c4)cc23)C1. The van der Waals surface area contributed by atoms with Gasteiger partial charge in [-0.25, -0.2) is 15.0 Å². The fourth-order valence-corrected chi connectivity index (χ4v) is 10.1. The molecule has 0 saturated heterocycles. The van der Waals surface area contributed by atoms with Gasteiger partial charge in [-0.15, -0.1) is 0 Å². The number of hydrogen-bond acceptors (Lipinski definition) is 4. The van der Waals surface area contributed by atoms with E-state index in [0.717, 1.165) is 45.7 Å². The minimum absolute atomic E-state index is 0.129. The van der Waals surface area contributed by atoms with Gasteiger partial charge in [0, 0.05) is 34.5 Å². The minimum atomic E-state index is -0.129. The van der Waals surface area contributed by atoms with Crippen LogP contribution in [0.25, 0.3) is 78.7 Å². The number of fused-ring (bicyclic) bond motifs is 8. The highest BCUT2D eigenvalue weighted by Gasteiger charge is 2.49. The summed E-state index contributed by atoms with van der Waals surface area (Å²) in [7, 11) is 0.